The summed E-state index contributed by atoms with van der Waals surface area (Å²) in [4.78, 5) is 30.1. The zero-order valence-corrected chi connectivity index (χ0v) is 24.7. The third kappa shape index (κ3) is 6.14. The van der Waals surface area contributed by atoms with E-state index in [9.17, 15) is 14.7 Å². The van der Waals surface area contributed by atoms with Crippen LogP contribution in [0.2, 0.25) is 10.0 Å². The predicted molar refractivity (Wildman–Crippen MR) is 158 cm³/mol. The van der Waals surface area contributed by atoms with E-state index in [4.69, 9.17) is 23.2 Å². The smallest absolute Gasteiger partial charge is 0.245 e. The van der Waals surface area contributed by atoms with Crippen molar-refractivity contribution in [1.29, 1.82) is 0 Å². The lowest BCUT2D eigenvalue weighted by atomic mass is 9.82. The Morgan fingerprint density at radius 2 is 1.83 bits per heavy atom. The van der Waals surface area contributed by atoms with Crippen molar-refractivity contribution in [1.82, 2.24) is 30.1 Å². The molecule has 0 bridgehead atoms. The first-order valence-electron chi connectivity index (χ1n) is 14.2. The van der Waals surface area contributed by atoms with Crippen LogP contribution in [0.25, 0.3) is 5.69 Å². The number of likely N-dealkylation sites (tertiary alicyclic amines) is 2. The number of piperidine rings is 2. The van der Waals surface area contributed by atoms with Gasteiger partial charge in [-0.1, -0.05) is 52.7 Å². The van der Waals surface area contributed by atoms with E-state index in [0.717, 1.165) is 24.1 Å². The molecule has 2 aromatic carbocycles. The van der Waals surface area contributed by atoms with Crippen molar-refractivity contribution < 1.29 is 14.7 Å². The number of aliphatic hydroxyl groups excluding tert-OH is 1. The Balaban J connectivity index is 1.35. The molecule has 1 aromatic heterocycles. The van der Waals surface area contributed by atoms with Crippen LogP contribution in [0.1, 0.15) is 61.8 Å². The van der Waals surface area contributed by atoms with Gasteiger partial charge in [-0.15, -0.1) is 5.10 Å². The first kappa shape index (κ1) is 29.5. The van der Waals surface area contributed by atoms with Crippen molar-refractivity contribution in [3.8, 4) is 5.69 Å². The summed E-state index contributed by atoms with van der Waals surface area (Å²) in [5.41, 5.74) is 1.44. The molecule has 2 atom stereocenters. The first-order chi connectivity index (χ1) is 19.8. The maximum Gasteiger partial charge on any atom is 0.245 e. The number of likely N-dealkylation sites (N-methyl/N-ethyl adjacent to an activating group) is 1. The van der Waals surface area contributed by atoms with Gasteiger partial charge in [0, 0.05) is 39.0 Å². The second-order valence-electron chi connectivity index (χ2n) is 10.9. The molecule has 2 aliphatic rings. The number of rotatable bonds is 9. The highest BCUT2D eigenvalue weighted by Crippen LogP contribution is 2.38. The summed E-state index contributed by atoms with van der Waals surface area (Å²) in [5.74, 6) is -0.335. The number of aromatic nitrogens is 3. The number of benzene rings is 2. The molecule has 2 amide bonds. The number of hydrogen-bond acceptors (Lipinski definition) is 6. The Morgan fingerprint density at radius 3 is 2.51 bits per heavy atom. The predicted octanol–water partition coefficient (Wildman–Crippen LogP) is 4.37. The second-order valence-corrected chi connectivity index (χ2v) is 11.7. The number of carbonyl (C=O) groups is 2. The largest absolute Gasteiger partial charge is 0.386 e. The van der Waals surface area contributed by atoms with Crippen LogP contribution in [0.15, 0.2) is 54.7 Å². The van der Waals surface area contributed by atoms with E-state index in [2.05, 4.69) is 20.5 Å². The molecule has 2 fully saturated rings. The topological polar surface area (TPSA) is 104 Å². The monoisotopic (exact) mass is 598 g/mol. The second kappa shape index (κ2) is 12.9. The number of carbonyl (C=O) groups excluding carboxylic acids is 2. The maximum atomic E-state index is 13.1. The molecule has 0 aliphatic carbocycles. The maximum absolute atomic E-state index is 13.1. The highest BCUT2D eigenvalue weighted by Gasteiger charge is 2.48. The Morgan fingerprint density at radius 1 is 1.07 bits per heavy atom. The standard InChI is InChI=1S/C30H36Cl2N6O3/c1-33-29(41)30(37-15-6-5-9-27(37)39)13-17-36(18-14-30)16-12-23(21-10-11-24(31)25(32)19-21)28(40)26-20-34-35-38(26)22-7-3-2-4-8-22/h2-4,7-8,10-11,19-20,23,28,40H,5-6,9,12-18H2,1H3,(H,33,41)/t23-,28+/m0/s1. The molecule has 0 radical (unpaired) electrons. The van der Waals surface area contributed by atoms with Crippen LogP contribution in [0.5, 0.6) is 0 Å². The molecule has 0 spiro atoms. The summed E-state index contributed by atoms with van der Waals surface area (Å²) in [7, 11) is 1.64. The summed E-state index contributed by atoms with van der Waals surface area (Å²) >= 11 is 12.6. The van der Waals surface area contributed by atoms with E-state index in [-0.39, 0.29) is 17.7 Å². The van der Waals surface area contributed by atoms with Gasteiger partial charge < -0.3 is 20.2 Å². The molecule has 2 saturated heterocycles. The van der Waals surface area contributed by atoms with Gasteiger partial charge in [-0.3, -0.25) is 9.59 Å². The number of hydrogen-bond donors (Lipinski definition) is 2. The molecule has 2 aliphatic heterocycles. The molecule has 3 heterocycles. The van der Waals surface area contributed by atoms with Gasteiger partial charge in [0.05, 0.1) is 27.6 Å². The van der Waals surface area contributed by atoms with Crippen LogP contribution in [-0.4, -0.2) is 80.5 Å². The van der Waals surface area contributed by atoms with Gasteiger partial charge in [-0.2, -0.15) is 0 Å². The van der Waals surface area contributed by atoms with Crippen molar-refractivity contribution in [3.05, 3.63) is 76.0 Å². The van der Waals surface area contributed by atoms with Crippen molar-refractivity contribution in [3.63, 3.8) is 0 Å². The Kier molecular flexibility index (Phi) is 9.28. The van der Waals surface area contributed by atoms with Crippen molar-refractivity contribution in [2.45, 2.75) is 56.1 Å². The number of nitrogens with zero attached hydrogens (tertiary/aromatic N) is 5. The SMILES string of the molecule is CNC(=O)C1(N2CCCCC2=O)CCN(CC[C@@H](c2ccc(Cl)c(Cl)c2)[C@@H](O)c2cnnn2-c2ccccc2)CC1. The van der Waals surface area contributed by atoms with Crippen molar-refractivity contribution in [2.75, 3.05) is 33.2 Å². The minimum Gasteiger partial charge on any atom is -0.386 e. The molecule has 11 heteroatoms. The third-order valence-electron chi connectivity index (χ3n) is 8.56. The van der Waals surface area contributed by atoms with E-state index in [0.29, 0.717) is 67.6 Å². The van der Waals surface area contributed by atoms with Crippen molar-refractivity contribution in [2.24, 2.45) is 0 Å². The Hall–Kier alpha value is -2.98. The molecule has 218 valence electrons. The highest BCUT2D eigenvalue weighted by molar-refractivity contribution is 6.42. The third-order valence-corrected chi connectivity index (χ3v) is 9.30. The van der Waals surface area contributed by atoms with Crippen LogP contribution in [0.3, 0.4) is 0 Å². The van der Waals surface area contributed by atoms with Gasteiger partial charge >= 0.3 is 0 Å². The van der Waals surface area contributed by atoms with E-state index < -0.39 is 11.6 Å². The van der Waals surface area contributed by atoms with Gasteiger partial charge in [0.25, 0.3) is 0 Å². The van der Waals surface area contributed by atoms with Gasteiger partial charge in [-0.05, 0) is 68.5 Å². The first-order valence-corrected chi connectivity index (χ1v) is 14.9. The molecule has 5 rings (SSSR count). The van der Waals surface area contributed by atoms with Crippen LogP contribution in [-0.2, 0) is 9.59 Å². The minimum atomic E-state index is -0.914. The van der Waals surface area contributed by atoms with E-state index >= 15 is 0 Å². The Bertz CT molecular complexity index is 1360. The van der Waals surface area contributed by atoms with Gasteiger partial charge in [-0.25, -0.2) is 4.68 Å². The molecule has 0 saturated carbocycles. The molecule has 9 nitrogen and oxygen atoms in total. The van der Waals surface area contributed by atoms with Gasteiger partial charge in [0.1, 0.15) is 11.6 Å². The molecule has 41 heavy (non-hydrogen) atoms. The fourth-order valence-corrected chi connectivity index (χ4v) is 6.56. The number of nitrogens with one attached hydrogen (secondary N) is 1. The van der Waals surface area contributed by atoms with E-state index in [1.807, 2.05) is 47.4 Å². The molecule has 3 aromatic rings. The number of halogens is 2. The van der Waals surface area contributed by atoms with Crippen LogP contribution < -0.4 is 5.32 Å². The van der Waals surface area contributed by atoms with Crippen LogP contribution in [0.4, 0.5) is 0 Å². The summed E-state index contributed by atoms with van der Waals surface area (Å²) in [6, 6.07) is 15.0. The zero-order chi connectivity index (χ0) is 29.0. The average molecular weight is 600 g/mol. The summed E-state index contributed by atoms with van der Waals surface area (Å²) < 4.78 is 1.66. The van der Waals surface area contributed by atoms with Gasteiger partial charge in [0.15, 0.2) is 0 Å². The van der Waals surface area contributed by atoms with E-state index in [1.165, 1.54) is 0 Å². The molecular weight excluding hydrogens is 563 g/mol. The highest BCUT2D eigenvalue weighted by atomic mass is 35.5. The average Bonchev–Trinajstić information content (AvgIpc) is 3.50. The zero-order valence-electron chi connectivity index (χ0n) is 23.2. The summed E-state index contributed by atoms with van der Waals surface area (Å²) in [6.07, 6.45) is 4.74. The summed E-state index contributed by atoms with van der Waals surface area (Å²) in [5, 5.41) is 23.8. The fourth-order valence-electron chi connectivity index (χ4n) is 6.25. The fraction of sp³-hybridized carbons (Fsp3) is 0.467. The Labute approximate surface area is 250 Å². The molecule has 2 N–H and O–H groups in total. The molecule has 0 unspecified atom stereocenters. The number of amides is 2. The van der Waals surface area contributed by atoms with Crippen molar-refractivity contribution >= 4 is 35.0 Å². The van der Waals surface area contributed by atoms with Crippen LogP contribution >= 0.6 is 23.2 Å². The quantitative estimate of drug-likeness (QED) is 0.379. The van der Waals surface area contributed by atoms with Gasteiger partial charge in [0.2, 0.25) is 11.8 Å². The lowest BCUT2D eigenvalue weighted by Crippen LogP contribution is -2.65. The van der Waals surface area contributed by atoms with E-state index in [1.54, 1.807) is 24.0 Å². The summed E-state index contributed by atoms with van der Waals surface area (Å²) in [6.45, 7) is 2.66. The molecular formula is C30H36Cl2N6O3. The minimum absolute atomic E-state index is 0.0692. The number of para-hydroxylation sites is 1. The lowest BCUT2D eigenvalue weighted by molar-refractivity contribution is -0.153. The van der Waals surface area contributed by atoms with Crippen LogP contribution in [0, 0.1) is 0 Å². The lowest BCUT2D eigenvalue weighted by Gasteiger charge is -2.48. The number of aliphatic hydroxyl groups is 1. The normalized spacial score (nSPS) is 19.1.